The van der Waals surface area contributed by atoms with Crippen LogP contribution >= 0.6 is 0 Å². The van der Waals surface area contributed by atoms with Crippen LogP contribution in [0, 0.1) is 0 Å². The third-order valence-electron chi connectivity index (χ3n) is 3.46. The van der Waals surface area contributed by atoms with Gasteiger partial charge in [-0.25, -0.2) is 4.99 Å². The average Bonchev–Trinajstić information content (AvgIpc) is 2.34. The first-order chi connectivity index (χ1) is 8.54. The van der Waals surface area contributed by atoms with Crippen molar-refractivity contribution in [3.63, 3.8) is 0 Å². The van der Waals surface area contributed by atoms with Gasteiger partial charge >= 0.3 is 6.18 Å². The van der Waals surface area contributed by atoms with Crippen LogP contribution in [0.1, 0.15) is 30.4 Å². The monoisotopic (exact) mass is 254 g/mol. The third-order valence-corrected chi connectivity index (χ3v) is 3.46. The van der Waals surface area contributed by atoms with E-state index in [2.05, 4.69) is 9.89 Å². The second kappa shape index (κ2) is 4.00. The first-order valence-corrected chi connectivity index (χ1v) is 6.07. The summed E-state index contributed by atoms with van der Waals surface area (Å²) >= 11 is 0. The van der Waals surface area contributed by atoms with Gasteiger partial charge in [0.2, 0.25) is 0 Å². The highest BCUT2D eigenvalue weighted by molar-refractivity contribution is 5.87. The Bertz CT molecular complexity index is 505. The molecule has 1 aromatic rings. The summed E-state index contributed by atoms with van der Waals surface area (Å²) < 4.78 is 37.9. The fourth-order valence-corrected chi connectivity index (χ4v) is 2.51. The molecule has 0 atom stereocenters. The van der Waals surface area contributed by atoms with E-state index in [9.17, 15) is 13.2 Å². The second-order valence-electron chi connectivity index (χ2n) is 4.75. The number of aliphatic imine (C=N–C) groups is 1. The zero-order valence-electron chi connectivity index (χ0n) is 9.80. The largest absolute Gasteiger partial charge is 0.416 e. The lowest BCUT2D eigenvalue weighted by Gasteiger charge is -2.34. The Labute approximate surface area is 103 Å². The van der Waals surface area contributed by atoms with E-state index in [-0.39, 0.29) is 0 Å². The quantitative estimate of drug-likeness (QED) is 0.688. The Morgan fingerprint density at radius 2 is 2.00 bits per heavy atom. The Morgan fingerprint density at radius 1 is 1.17 bits per heavy atom. The molecule has 0 saturated carbocycles. The Kier molecular flexibility index (Phi) is 2.57. The molecule has 0 bridgehead atoms. The van der Waals surface area contributed by atoms with Crippen LogP contribution in [-0.2, 0) is 12.7 Å². The summed E-state index contributed by atoms with van der Waals surface area (Å²) in [5.41, 5.74) is 0.781. The fourth-order valence-electron chi connectivity index (χ4n) is 2.51. The molecule has 0 N–H and O–H groups in total. The summed E-state index contributed by atoms with van der Waals surface area (Å²) in [6.07, 6.45) is -1.14. The van der Waals surface area contributed by atoms with Gasteiger partial charge in [-0.15, -0.1) is 0 Å². The number of amidine groups is 1. The van der Waals surface area contributed by atoms with Gasteiger partial charge in [0.05, 0.1) is 11.3 Å². The Morgan fingerprint density at radius 3 is 2.78 bits per heavy atom. The molecule has 0 aromatic heterocycles. The molecule has 3 rings (SSSR count). The SMILES string of the molecule is FC(F)(F)c1ccc2c(c1)CN1CCCCC1=N2. The molecule has 0 unspecified atom stereocenters. The molecule has 0 radical (unpaired) electrons. The van der Waals surface area contributed by atoms with Crippen LogP contribution in [0.15, 0.2) is 23.2 Å². The van der Waals surface area contributed by atoms with Crippen molar-refractivity contribution in [2.75, 3.05) is 6.54 Å². The molecule has 0 amide bonds. The van der Waals surface area contributed by atoms with Crippen LogP contribution in [0.5, 0.6) is 0 Å². The van der Waals surface area contributed by atoms with E-state index < -0.39 is 11.7 Å². The number of hydrogen-bond donors (Lipinski definition) is 0. The summed E-state index contributed by atoms with van der Waals surface area (Å²) in [6, 6.07) is 3.82. The summed E-state index contributed by atoms with van der Waals surface area (Å²) in [5.74, 6) is 1.02. The van der Waals surface area contributed by atoms with Gasteiger partial charge in [-0.1, -0.05) is 0 Å². The van der Waals surface area contributed by atoms with Gasteiger partial charge in [-0.3, -0.25) is 0 Å². The molecule has 2 aliphatic rings. The van der Waals surface area contributed by atoms with Crippen LogP contribution in [0.4, 0.5) is 18.9 Å². The normalized spacial score (nSPS) is 19.1. The zero-order chi connectivity index (χ0) is 12.8. The van der Waals surface area contributed by atoms with Crippen LogP contribution in [0.2, 0.25) is 0 Å². The van der Waals surface area contributed by atoms with Gasteiger partial charge in [0.1, 0.15) is 5.84 Å². The maximum absolute atomic E-state index is 12.6. The molecule has 96 valence electrons. The van der Waals surface area contributed by atoms with Gasteiger partial charge in [0.25, 0.3) is 0 Å². The van der Waals surface area contributed by atoms with E-state index in [1.807, 2.05) is 0 Å². The van der Waals surface area contributed by atoms with Crippen molar-refractivity contribution in [3.05, 3.63) is 29.3 Å². The van der Waals surface area contributed by atoms with Gasteiger partial charge in [-0.05, 0) is 36.6 Å². The van der Waals surface area contributed by atoms with E-state index in [0.29, 0.717) is 17.8 Å². The third kappa shape index (κ3) is 1.98. The lowest BCUT2D eigenvalue weighted by atomic mass is 10.0. The highest BCUT2D eigenvalue weighted by atomic mass is 19.4. The molecule has 2 aliphatic heterocycles. The van der Waals surface area contributed by atoms with E-state index >= 15 is 0 Å². The molecular weight excluding hydrogens is 241 g/mol. The minimum atomic E-state index is -4.28. The molecule has 1 aromatic carbocycles. The number of hydrogen-bond acceptors (Lipinski definition) is 2. The summed E-state index contributed by atoms with van der Waals surface area (Å²) in [5, 5.41) is 0. The maximum Gasteiger partial charge on any atom is 0.416 e. The minimum absolute atomic E-state index is 0.554. The number of piperidine rings is 1. The van der Waals surface area contributed by atoms with Crippen molar-refractivity contribution in [3.8, 4) is 0 Å². The van der Waals surface area contributed by atoms with Crippen LogP contribution in [-0.4, -0.2) is 17.3 Å². The van der Waals surface area contributed by atoms with Crippen molar-refractivity contribution >= 4 is 11.5 Å². The Hall–Kier alpha value is -1.52. The molecule has 0 spiro atoms. The molecule has 5 heteroatoms. The van der Waals surface area contributed by atoms with Crippen LogP contribution in [0.25, 0.3) is 0 Å². The van der Waals surface area contributed by atoms with Crippen LogP contribution in [0.3, 0.4) is 0 Å². The van der Waals surface area contributed by atoms with Gasteiger partial charge in [0.15, 0.2) is 0 Å². The van der Waals surface area contributed by atoms with Crippen molar-refractivity contribution in [1.82, 2.24) is 4.90 Å². The average molecular weight is 254 g/mol. The standard InChI is InChI=1S/C13H13F3N2/c14-13(15,16)10-4-5-11-9(7-10)8-18-6-2-1-3-12(18)17-11/h4-5,7H,1-3,6,8H2. The topological polar surface area (TPSA) is 15.6 Å². The van der Waals surface area contributed by atoms with Crippen LogP contribution < -0.4 is 0 Å². The first-order valence-electron chi connectivity index (χ1n) is 6.07. The Balaban J connectivity index is 1.99. The molecular formula is C13H13F3N2. The molecule has 18 heavy (non-hydrogen) atoms. The predicted molar refractivity (Wildman–Crippen MR) is 62.8 cm³/mol. The maximum atomic E-state index is 12.6. The molecule has 2 nitrogen and oxygen atoms in total. The molecule has 1 fully saturated rings. The highest BCUT2D eigenvalue weighted by Crippen LogP contribution is 2.35. The van der Waals surface area contributed by atoms with Crippen molar-refractivity contribution < 1.29 is 13.2 Å². The van der Waals surface area contributed by atoms with Gasteiger partial charge in [0, 0.05) is 19.5 Å². The lowest BCUT2D eigenvalue weighted by Crippen LogP contribution is -2.36. The van der Waals surface area contributed by atoms with Crippen molar-refractivity contribution in [2.24, 2.45) is 4.99 Å². The lowest BCUT2D eigenvalue weighted by molar-refractivity contribution is -0.137. The van der Waals surface area contributed by atoms with E-state index in [4.69, 9.17) is 0 Å². The number of benzene rings is 1. The van der Waals surface area contributed by atoms with E-state index in [0.717, 1.165) is 37.7 Å². The number of halogens is 3. The van der Waals surface area contributed by atoms with E-state index in [1.165, 1.54) is 12.1 Å². The fraction of sp³-hybridized carbons (Fsp3) is 0.462. The minimum Gasteiger partial charge on any atom is -0.356 e. The molecule has 1 saturated heterocycles. The van der Waals surface area contributed by atoms with E-state index in [1.54, 1.807) is 0 Å². The molecule has 2 heterocycles. The number of alkyl halides is 3. The highest BCUT2D eigenvalue weighted by Gasteiger charge is 2.32. The van der Waals surface area contributed by atoms with Gasteiger partial charge in [-0.2, -0.15) is 13.2 Å². The second-order valence-corrected chi connectivity index (χ2v) is 4.75. The van der Waals surface area contributed by atoms with Crippen molar-refractivity contribution in [2.45, 2.75) is 32.0 Å². The number of nitrogens with zero attached hydrogens (tertiary/aromatic N) is 2. The summed E-state index contributed by atoms with van der Waals surface area (Å²) in [4.78, 5) is 6.56. The van der Waals surface area contributed by atoms with Crippen molar-refractivity contribution in [1.29, 1.82) is 0 Å². The summed E-state index contributed by atoms with van der Waals surface area (Å²) in [7, 11) is 0. The molecule has 0 aliphatic carbocycles. The smallest absolute Gasteiger partial charge is 0.356 e. The first kappa shape index (κ1) is 11.6. The number of fused-ring (bicyclic) bond motifs is 2. The summed E-state index contributed by atoms with van der Waals surface area (Å²) in [6.45, 7) is 1.45. The predicted octanol–water partition coefficient (Wildman–Crippen LogP) is 3.73. The number of rotatable bonds is 0. The van der Waals surface area contributed by atoms with Gasteiger partial charge < -0.3 is 4.90 Å². The zero-order valence-corrected chi connectivity index (χ0v) is 9.80.